The predicted octanol–water partition coefficient (Wildman–Crippen LogP) is 4.28. The van der Waals surface area contributed by atoms with E-state index in [1.54, 1.807) is 6.07 Å². The zero-order valence-corrected chi connectivity index (χ0v) is 13.9. The van der Waals surface area contributed by atoms with Crippen LogP contribution in [0.2, 0.25) is 0 Å². The summed E-state index contributed by atoms with van der Waals surface area (Å²) >= 11 is 0. The Hall–Kier alpha value is -1.65. The van der Waals surface area contributed by atoms with Gasteiger partial charge in [0.05, 0.1) is 0 Å². The van der Waals surface area contributed by atoms with E-state index in [9.17, 15) is 13.6 Å². The average molecular weight is 334 g/mol. The number of carbonyl (C=O) groups excluding carboxylic acids is 1. The van der Waals surface area contributed by atoms with Gasteiger partial charge in [0.25, 0.3) is 0 Å². The van der Waals surface area contributed by atoms with Crippen LogP contribution in [-0.2, 0) is 0 Å². The molecular weight excluding hydrogens is 310 g/mol. The summed E-state index contributed by atoms with van der Waals surface area (Å²) < 4.78 is 26.7. The van der Waals surface area contributed by atoms with Crippen molar-refractivity contribution in [3.05, 3.63) is 35.4 Å². The Bertz CT molecular complexity index is 616. The molecule has 3 aliphatic heterocycles. The number of rotatable bonds is 1. The van der Waals surface area contributed by atoms with E-state index in [0.29, 0.717) is 0 Å². The summed E-state index contributed by atoms with van der Waals surface area (Å²) in [7, 11) is 0. The summed E-state index contributed by atoms with van der Waals surface area (Å²) in [6.45, 7) is 1.75. The maximum absolute atomic E-state index is 13.5. The Morgan fingerprint density at radius 2 is 1.62 bits per heavy atom. The van der Waals surface area contributed by atoms with Crippen molar-refractivity contribution in [2.75, 3.05) is 13.1 Å². The third-order valence-corrected chi connectivity index (χ3v) is 6.00. The van der Waals surface area contributed by atoms with Gasteiger partial charge >= 0.3 is 6.03 Å². The minimum Gasteiger partial charge on any atom is -0.325 e. The van der Waals surface area contributed by atoms with Crippen LogP contribution in [0.15, 0.2) is 18.2 Å². The molecule has 0 radical (unpaired) electrons. The van der Waals surface area contributed by atoms with E-state index in [0.717, 1.165) is 57.2 Å². The van der Waals surface area contributed by atoms with E-state index in [2.05, 4.69) is 4.90 Å². The molecule has 3 aliphatic rings. The summed E-state index contributed by atoms with van der Waals surface area (Å²) in [6, 6.07) is 4.95. The Kier molecular flexibility index (Phi) is 4.19. The zero-order valence-electron chi connectivity index (χ0n) is 13.9. The van der Waals surface area contributed by atoms with Gasteiger partial charge in [0.1, 0.15) is 0 Å². The molecule has 0 saturated carbocycles. The number of fused-ring (bicyclic) bond motifs is 2. The van der Waals surface area contributed by atoms with Gasteiger partial charge in [-0.25, -0.2) is 13.6 Å². The largest absolute Gasteiger partial charge is 0.325 e. The van der Waals surface area contributed by atoms with Gasteiger partial charge in [-0.3, -0.25) is 0 Å². The average Bonchev–Trinajstić information content (AvgIpc) is 2.87. The first-order valence-corrected chi connectivity index (χ1v) is 9.15. The van der Waals surface area contributed by atoms with Crippen LogP contribution in [0.4, 0.5) is 13.6 Å². The number of carbonyl (C=O) groups is 1. The first kappa shape index (κ1) is 15.9. The van der Waals surface area contributed by atoms with Gasteiger partial charge in [-0.2, -0.15) is 0 Å². The number of urea groups is 1. The van der Waals surface area contributed by atoms with Crippen LogP contribution in [0.5, 0.6) is 0 Å². The van der Waals surface area contributed by atoms with E-state index >= 15 is 0 Å². The first-order valence-electron chi connectivity index (χ1n) is 9.15. The molecule has 0 aliphatic carbocycles. The smallest absolute Gasteiger partial charge is 0.320 e. The van der Waals surface area contributed by atoms with Crippen LogP contribution >= 0.6 is 0 Å². The van der Waals surface area contributed by atoms with E-state index < -0.39 is 11.6 Å². The molecule has 5 heteroatoms. The van der Waals surface area contributed by atoms with Crippen molar-refractivity contribution in [1.29, 1.82) is 0 Å². The molecule has 130 valence electrons. The number of nitrogens with zero attached hydrogens (tertiary/aromatic N) is 2. The lowest BCUT2D eigenvalue weighted by Gasteiger charge is -2.42. The summed E-state index contributed by atoms with van der Waals surface area (Å²) in [4.78, 5) is 17.0. The lowest BCUT2D eigenvalue weighted by Crippen LogP contribution is -2.53. The predicted molar refractivity (Wildman–Crippen MR) is 87.8 cm³/mol. The minimum atomic E-state index is -0.792. The number of amides is 2. The molecule has 1 aromatic rings. The van der Waals surface area contributed by atoms with Gasteiger partial charge in [-0.15, -0.1) is 0 Å². The van der Waals surface area contributed by atoms with Gasteiger partial charge in [0, 0.05) is 25.2 Å². The number of piperidine rings is 2. The quantitative estimate of drug-likeness (QED) is 0.752. The molecule has 2 amide bonds. The van der Waals surface area contributed by atoms with Crippen molar-refractivity contribution in [2.45, 2.75) is 62.9 Å². The molecule has 0 aromatic heterocycles. The molecule has 0 spiro atoms. The summed E-state index contributed by atoms with van der Waals surface area (Å²) in [6.07, 6.45) is 7.21. The molecule has 1 aromatic carbocycles. The lowest BCUT2D eigenvalue weighted by atomic mass is 9.85. The van der Waals surface area contributed by atoms with Crippen LogP contribution in [0.25, 0.3) is 0 Å². The van der Waals surface area contributed by atoms with Gasteiger partial charge in [-0.05, 0) is 68.6 Å². The molecule has 0 unspecified atom stereocenters. The molecule has 24 heavy (non-hydrogen) atoms. The van der Waals surface area contributed by atoms with Crippen LogP contribution < -0.4 is 0 Å². The summed E-state index contributed by atoms with van der Waals surface area (Å²) in [5.41, 5.74) is 0.871. The highest BCUT2D eigenvalue weighted by atomic mass is 19.2. The third kappa shape index (κ3) is 2.78. The van der Waals surface area contributed by atoms with E-state index in [1.165, 1.54) is 18.6 Å². The number of benzene rings is 1. The summed E-state index contributed by atoms with van der Waals surface area (Å²) in [5, 5.41) is 0. The normalized spacial score (nSPS) is 29.8. The lowest BCUT2D eigenvalue weighted by molar-refractivity contribution is 0.0990. The molecule has 2 bridgehead atoms. The van der Waals surface area contributed by atoms with E-state index in [4.69, 9.17) is 0 Å². The Labute approximate surface area is 141 Å². The number of halogens is 2. The van der Waals surface area contributed by atoms with Crippen molar-refractivity contribution in [3.8, 4) is 0 Å². The van der Waals surface area contributed by atoms with Gasteiger partial charge < -0.3 is 9.80 Å². The number of hydrogen-bond acceptors (Lipinski definition) is 1. The topological polar surface area (TPSA) is 23.6 Å². The standard InChI is InChI=1S/C19H24F2N2O/c20-17-7-4-13(12-18(17)21)14-10-15-5-6-16(11-14)23(15)19(24)22-8-2-1-3-9-22/h4,7,12,14-16H,1-3,5-6,8-11H2/t14-,15+,16-. The number of hydrogen-bond donors (Lipinski definition) is 0. The molecule has 3 fully saturated rings. The maximum atomic E-state index is 13.5. The van der Waals surface area contributed by atoms with Crippen molar-refractivity contribution in [3.63, 3.8) is 0 Å². The van der Waals surface area contributed by atoms with Crippen LogP contribution in [0.3, 0.4) is 0 Å². The molecule has 0 N–H and O–H groups in total. The SMILES string of the molecule is O=C(N1CCCCC1)N1[C@@H]2CC[C@H]1C[C@@H](c1ccc(F)c(F)c1)C2. The fourth-order valence-corrected chi connectivity index (χ4v) is 4.78. The fraction of sp³-hybridized carbons (Fsp3) is 0.632. The number of likely N-dealkylation sites (tertiary alicyclic amines) is 1. The molecule has 3 atom stereocenters. The Morgan fingerprint density at radius 3 is 2.25 bits per heavy atom. The molecule has 4 rings (SSSR count). The van der Waals surface area contributed by atoms with E-state index in [-0.39, 0.29) is 24.0 Å². The highest BCUT2D eigenvalue weighted by Crippen LogP contribution is 2.43. The van der Waals surface area contributed by atoms with Gasteiger partial charge in [0.2, 0.25) is 0 Å². The fourth-order valence-electron chi connectivity index (χ4n) is 4.78. The minimum absolute atomic E-state index is 0.200. The van der Waals surface area contributed by atoms with Gasteiger partial charge in [-0.1, -0.05) is 6.07 Å². The third-order valence-electron chi connectivity index (χ3n) is 6.00. The maximum Gasteiger partial charge on any atom is 0.320 e. The second kappa shape index (κ2) is 6.34. The highest BCUT2D eigenvalue weighted by molar-refractivity contribution is 5.76. The molecule has 3 nitrogen and oxygen atoms in total. The highest BCUT2D eigenvalue weighted by Gasteiger charge is 2.44. The zero-order chi connectivity index (χ0) is 16.7. The second-order valence-corrected chi connectivity index (χ2v) is 7.46. The molecule has 3 saturated heterocycles. The van der Waals surface area contributed by atoms with Crippen molar-refractivity contribution >= 4 is 6.03 Å². The molecule has 3 heterocycles. The van der Waals surface area contributed by atoms with Crippen LogP contribution in [0.1, 0.15) is 56.4 Å². The van der Waals surface area contributed by atoms with Crippen molar-refractivity contribution < 1.29 is 13.6 Å². The van der Waals surface area contributed by atoms with Crippen LogP contribution in [-0.4, -0.2) is 41.0 Å². The Morgan fingerprint density at radius 1 is 0.958 bits per heavy atom. The Balaban J connectivity index is 1.49. The first-order chi connectivity index (χ1) is 11.6. The van der Waals surface area contributed by atoms with E-state index in [1.807, 2.05) is 4.90 Å². The second-order valence-electron chi connectivity index (χ2n) is 7.46. The van der Waals surface area contributed by atoms with Crippen molar-refractivity contribution in [1.82, 2.24) is 9.80 Å². The monoisotopic (exact) mass is 334 g/mol. The van der Waals surface area contributed by atoms with Crippen molar-refractivity contribution in [2.24, 2.45) is 0 Å². The summed E-state index contributed by atoms with van der Waals surface area (Å²) in [5.74, 6) is -1.34. The van der Waals surface area contributed by atoms with Crippen LogP contribution in [0, 0.1) is 11.6 Å². The van der Waals surface area contributed by atoms with Gasteiger partial charge in [0.15, 0.2) is 11.6 Å². The molecular formula is C19H24F2N2O.